The Morgan fingerprint density at radius 2 is 2.00 bits per heavy atom. The quantitative estimate of drug-likeness (QED) is 0.838. The summed E-state index contributed by atoms with van der Waals surface area (Å²) in [5, 5.41) is 8.67. The van der Waals surface area contributed by atoms with Gasteiger partial charge in [0, 0.05) is 30.9 Å². The second-order valence-corrected chi connectivity index (χ2v) is 5.01. The molecule has 0 bridgehead atoms. The largest absolute Gasteiger partial charge is 0.478 e. The predicted octanol–water partition coefficient (Wildman–Crippen LogP) is 2.30. The Labute approximate surface area is 118 Å². The minimum absolute atomic E-state index is 0.0702. The maximum Gasteiger partial charge on any atom is 0.328 e. The first-order valence-corrected chi connectivity index (χ1v) is 6.47. The molecular formula is C15H20N2O3. The molecule has 0 spiro atoms. The van der Waals surface area contributed by atoms with Crippen LogP contribution in [0.5, 0.6) is 0 Å². The lowest BCUT2D eigenvalue weighted by molar-refractivity contribution is -0.131. The first-order chi connectivity index (χ1) is 9.34. The molecule has 1 N–H and O–H groups in total. The highest BCUT2D eigenvalue weighted by Gasteiger charge is 2.22. The number of carbonyl (C=O) groups excluding carboxylic acids is 1. The average molecular weight is 276 g/mol. The van der Waals surface area contributed by atoms with Gasteiger partial charge in [0.05, 0.1) is 0 Å². The number of aliphatic carboxylic acids is 1. The van der Waals surface area contributed by atoms with Gasteiger partial charge < -0.3 is 10.0 Å². The smallest absolute Gasteiger partial charge is 0.328 e. The maximum atomic E-state index is 12.4. The molecule has 0 saturated carbocycles. The Balaban J connectivity index is 3.07. The summed E-state index contributed by atoms with van der Waals surface area (Å²) < 4.78 is 0. The highest BCUT2D eigenvalue weighted by atomic mass is 16.4. The van der Waals surface area contributed by atoms with Crippen molar-refractivity contribution in [2.24, 2.45) is 5.92 Å². The molecular weight excluding hydrogens is 256 g/mol. The zero-order chi connectivity index (χ0) is 15.3. The van der Waals surface area contributed by atoms with Crippen LogP contribution in [0.25, 0.3) is 6.08 Å². The van der Waals surface area contributed by atoms with Crippen LogP contribution in [0, 0.1) is 5.92 Å². The summed E-state index contributed by atoms with van der Waals surface area (Å²) in [6.07, 6.45) is 3.91. The van der Waals surface area contributed by atoms with Crippen molar-refractivity contribution in [2.45, 2.75) is 26.8 Å². The van der Waals surface area contributed by atoms with Gasteiger partial charge >= 0.3 is 5.97 Å². The fourth-order valence-electron chi connectivity index (χ4n) is 1.69. The molecule has 0 aliphatic rings. The van der Waals surface area contributed by atoms with Crippen LogP contribution >= 0.6 is 0 Å². The average Bonchev–Trinajstić information content (AvgIpc) is 2.42. The number of amides is 1. The van der Waals surface area contributed by atoms with Gasteiger partial charge in [-0.05, 0) is 25.0 Å². The summed E-state index contributed by atoms with van der Waals surface area (Å²) in [5.41, 5.74) is 0.766. The van der Waals surface area contributed by atoms with Gasteiger partial charge in [-0.3, -0.25) is 9.78 Å². The third-order valence-electron chi connectivity index (χ3n) is 3.34. The number of nitrogens with zero attached hydrogens (tertiary/aromatic N) is 2. The highest BCUT2D eigenvalue weighted by molar-refractivity contribution is 5.97. The first-order valence-electron chi connectivity index (χ1n) is 6.47. The van der Waals surface area contributed by atoms with E-state index in [1.807, 2.05) is 20.8 Å². The summed E-state index contributed by atoms with van der Waals surface area (Å²) in [6.45, 7) is 6.05. The minimum Gasteiger partial charge on any atom is -0.478 e. The van der Waals surface area contributed by atoms with Crippen molar-refractivity contribution < 1.29 is 14.7 Å². The second kappa shape index (κ2) is 6.84. The Bertz CT molecular complexity index is 524. The summed E-state index contributed by atoms with van der Waals surface area (Å²) in [6, 6.07) is 3.42. The van der Waals surface area contributed by atoms with Gasteiger partial charge in [0.15, 0.2) is 0 Å². The molecule has 20 heavy (non-hydrogen) atoms. The molecule has 5 heteroatoms. The van der Waals surface area contributed by atoms with E-state index in [0.717, 1.165) is 6.08 Å². The molecule has 0 radical (unpaired) electrons. The molecule has 0 saturated heterocycles. The zero-order valence-electron chi connectivity index (χ0n) is 12.2. The van der Waals surface area contributed by atoms with Gasteiger partial charge in [-0.1, -0.05) is 19.9 Å². The summed E-state index contributed by atoms with van der Waals surface area (Å²) in [5.74, 6) is -0.946. The second-order valence-electron chi connectivity index (χ2n) is 5.01. The van der Waals surface area contributed by atoms with Gasteiger partial charge in [-0.15, -0.1) is 0 Å². The lowest BCUT2D eigenvalue weighted by Gasteiger charge is -2.28. The van der Waals surface area contributed by atoms with Crippen LogP contribution in [0.4, 0.5) is 0 Å². The van der Waals surface area contributed by atoms with Gasteiger partial charge in [0.2, 0.25) is 0 Å². The molecule has 1 rings (SSSR count). The first kappa shape index (κ1) is 15.9. The predicted molar refractivity (Wildman–Crippen MR) is 77.3 cm³/mol. The normalized spacial score (nSPS) is 12.7. The van der Waals surface area contributed by atoms with Crippen molar-refractivity contribution in [1.29, 1.82) is 0 Å². The van der Waals surface area contributed by atoms with Crippen LogP contribution in [-0.2, 0) is 4.79 Å². The number of pyridine rings is 1. The SMILES string of the molecule is CC(C)C(C)N(C)C(=O)c1ncccc1/C=C/C(=O)O. The van der Waals surface area contributed by atoms with Gasteiger partial charge in [-0.25, -0.2) is 4.79 Å². The molecule has 1 atom stereocenters. The van der Waals surface area contributed by atoms with E-state index in [4.69, 9.17) is 5.11 Å². The van der Waals surface area contributed by atoms with Crippen LogP contribution in [-0.4, -0.2) is 40.0 Å². The van der Waals surface area contributed by atoms with E-state index in [1.165, 1.54) is 12.3 Å². The fraction of sp³-hybridized carbons (Fsp3) is 0.400. The molecule has 0 aliphatic heterocycles. The van der Waals surface area contributed by atoms with Crippen LogP contribution < -0.4 is 0 Å². The Hall–Kier alpha value is -2.17. The van der Waals surface area contributed by atoms with Gasteiger partial charge in [-0.2, -0.15) is 0 Å². The summed E-state index contributed by atoms with van der Waals surface area (Å²) >= 11 is 0. The van der Waals surface area contributed by atoms with Crippen molar-refractivity contribution in [3.8, 4) is 0 Å². The highest BCUT2D eigenvalue weighted by Crippen LogP contribution is 2.15. The fourth-order valence-corrected chi connectivity index (χ4v) is 1.69. The summed E-state index contributed by atoms with van der Waals surface area (Å²) in [4.78, 5) is 28.7. The molecule has 108 valence electrons. The lowest BCUT2D eigenvalue weighted by atomic mass is 10.0. The molecule has 0 fully saturated rings. The Morgan fingerprint density at radius 1 is 1.35 bits per heavy atom. The van der Waals surface area contributed by atoms with E-state index in [9.17, 15) is 9.59 Å². The monoisotopic (exact) mass is 276 g/mol. The molecule has 0 aliphatic carbocycles. The van der Waals surface area contributed by atoms with E-state index in [1.54, 1.807) is 24.1 Å². The number of carboxylic acid groups (broad SMARTS) is 1. The number of hydrogen-bond acceptors (Lipinski definition) is 3. The minimum atomic E-state index is -1.06. The summed E-state index contributed by atoms with van der Waals surface area (Å²) in [7, 11) is 1.73. The van der Waals surface area contributed by atoms with Gasteiger partial charge in [0.1, 0.15) is 5.69 Å². The standard InChI is InChI=1S/C15H20N2O3/c1-10(2)11(3)17(4)15(20)14-12(6-5-9-16-14)7-8-13(18)19/h5-11H,1-4H3,(H,18,19)/b8-7+. The van der Waals surface area contributed by atoms with Crippen molar-refractivity contribution in [3.05, 3.63) is 35.7 Å². The topological polar surface area (TPSA) is 70.5 Å². The molecule has 1 aromatic heterocycles. The number of carbonyl (C=O) groups is 2. The molecule has 1 aromatic rings. The van der Waals surface area contributed by atoms with Crippen molar-refractivity contribution in [3.63, 3.8) is 0 Å². The van der Waals surface area contributed by atoms with E-state index in [-0.39, 0.29) is 17.6 Å². The zero-order valence-corrected chi connectivity index (χ0v) is 12.2. The molecule has 1 unspecified atom stereocenters. The van der Waals surface area contributed by atoms with E-state index < -0.39 is 5.97 Å². The van der Waals surface area contributed by atoms with Crippen molar-refractivity contribution >= 4 is 18.0 Å². The number of rotatable bonds is 5. The number of hydrogen-bond donors (Lipinski definition) is 1. The number of aromatic nitrogens is 1. The van der Waals surface area contributed by atoms with Crippen molar-refractivity contribution in [1.82, 2.24) is 9.88 Å². The van der Waals surface area contributed by atoms with Gasteiger partial charge in [0.25, 0.3) is 5.91 Å². The Kier molecular flexibility index (Phi) is 5.43. The lowest BCUT2D eigenvalue weighted by Crippen LogP contribution is -2.38. The molecule has 5 nitrogen and oxygen atoms in total. The Morgan fingerprint density at radius 3 is 2.55 bits per heavy atom. The van der Waals surface area contributed by atoms with E-state index >= 15 is 0 Å². The van der Waals surface area contributed by atoms with Crippen LogP contribution in [0.3, 0.4) is 0 Å². The van der Waals surface area contributed by atoms with E-state index in [2.05, 4.69) is 4.98 Å². The van der Waals surface area contributed by atoms with Crippen LogP contribution in [0.15, 0.2) is 24.4 Å². The third-order valence-corrected chi connectivity index (χ3v) is 3.34. The van der Waals surface area contributed by atoms with Crippen LogP contribution in [0.2, 0.25) is 0 Å². The van der Waals surface area contributed by atoms with E-state index in [0.29, 0.717) is 11.5 Å². The molecule has 0 aromatic carbocycles. The molecule has 1 heterocycles. The van der Waals surface area contributed by atoms with Crippen LogP contribution in [0.1, 0.15) is 36.8 Å². The molecule has 1 amide bonds. The number of carboxylic acids is 1. The maximum absolute atomic E-state index is 12.4. The van der Waals surface area contributed by atoms with Crippen molar-refractivity contribution in [2.75, 3.05) is 7.05 Å². The third kappa shape index (κ3) is 3.91.